The van der Waals surface area contributed by atoms with Crippen LogP contribution in [0.2, 0.25) is 0 Å². The molecule has 0 aromatic heterocycles. The first-order valence-electron chi connectivity index (χ1n) is 5.97. The number of halogens is 1. The maximum atomic E-state index is 5.62. The molecule has 18 heavy (non-hydrogen) atoms. The zero-order chi connectivity index (χ0) is 13.0. The Morgan fingerprint density at radius 1 is 1.11 bits per heavy atom. The maximum Gasteiger partial charge on any atom is 0.0585 e. The molecule has 0 saturated carbocycles. The zero-order valence-electron chi connectivity index (χ0n) is 10.4. The maximum absolute atomic E-state index is 5.62. The van der Waals surface area contributed by atoms with E-state index in [2.05, 4.69) is 63.7 Å². The Hall–Kier alpha value is -1.16. The van der Waals surface area contributed by atoms with Crippen molar-refractivity contribution < 1.29 is 0 Å². The zero-order valence-corrected chi connectivity index (χ0v) is 11.9. The molecular formula is C15H17BrN2. The summed E-state index contributed by atoms with van der Waals surface area (Å²) in [6.45, 7) is 0.583. The van der Waals surface area contributed by atoms with E-state index in [1.165, 1.54) is 11.1 Å². The summed E-state index contributed by atoms with van der Waals surface area (Å²) in [5, 5.41) is 3.35. The van der Waals surface area contributed by atoms with Crippen molar-refractivity contribution in [1.29, 1.82) is 0 Å². The summed E-state index contributed by atoms with van der Waals surface area (Å²) in [6.07, 6.45) is 0. The Morgan fingerprint density at radius 3 is 2.33 bits per heavy atom. The molecule has 0 aliphatic rings. The molecule has 2 aromatic carbocycles. The number of hydrogen-bond donors (Lipinski definition) is 2. The van der Waals surface area contributed by atoms with Crippen molar-refractivity contribution in [2.24, 2.45) is 5.73 Å². The van der Waals surface area contributed by atoms with Crippen LogP contribution < -0.4 is 11.1 Å². The first kappa shape index (κ1) is 13.3. The van der Waals surface area contributed by atoms with Crippen LogP contribution in [0.1, 0.15) is 22.7 Å². The molecule has 0 fully saturated rings. The Bertz CT molecular complexity index is 508. The summed E-state index contributed by atoms with van der Waals surface area (Å²) in [5.41, 5.74) is 9.25. The summed E-state index contributed by atoms with van der Waals surface area (Å²) in [6, 6.07) is 16.9. The molecule has 3 N–H and O–H groups in total. The summed E-state index contributed by atoms with van der Waals surface area (Å²) in [4.78, 5) is 0. The van der Waals surface area contributed by atoms with Gasteiger partial charge in [-0.25, -0.2) is 0 Å². The third kappa shape index (κ3) is 2.80. The molecule has 3 heteroatoms. The van der Waals surface area contributed by atoms with E-state index in [-0.39, 0.29) is 6.04 Å². The van der Waals surface area contributed by atoms with E-state index in [4.69, 9.17) is 5.73 Å². The van der Waals surface area contributed by atoms with Crippen LogP contribution >= 0.6 is 15.9 Å². The van der Waals surface area contributed by atoms with E-state index in [1.807, 2.05) is 13.1 Å². The van der Waals surface area contributed by atoms with E-state index in [0.717, 1.165) is 10.0 Å². The number of rotatable bonds is 4. The van der Waals surface area contributed by atoms with Gasteiger partial charge in [0, 0.05) is 11.0 Å². The van der Waals surface area contributed by atoms with Crippen LogP contribution in [0, 0.1) is 0 Å². The highest BCUT2D eigenvalue weighted by molar-refractivity contribution is 9.10. The lowest BCUT2D eigenvalue weighted by Crippen LogP contribution is -2.18. The minimum atomic E-state index is 0.187. The summed E-state index contributed by atoms with van der Waals surface area (Å²) in [5.74, 6) is 0. The second-order valence-electron chi connectivity index (χ2n) is 4.19. The highest BCUT2D eigenvalue weighted by Gasteiger charge is 2.13. The summed E-state index contributed by atoms with van der Waals surface area (Å²) < 4.78 is 1.12. The van der Waals surface area contributed by atoms with Crippen molar-refractivity contribution in [3.63, 3.8) is 0 Å². The SMILES string of the molecule is CNC(c1ccc(CN)cc1)c1ccccc1Br. The number of nitrogens with one attached hydrogen (secondary N) is 1. The average molecular weight is 305 g/mol. The van der Waals surface area contributed by atoms with E-state index in [1.54, 1.807) is 0 Å². The molecule has 0 amide bonds. The van der Waals surface area contributed by atoms with Crippen molar-refractivity contribution in [2.75, 3.05) is 7.05 Å². The Labute approximate surface area is 116 Å². The van der Waals surface area contributed by atoms with Crippen molar-refractivity contribution in [1.82, 2.24) is 5.32 Å². The van der Waals surface area contributed by atoms with E-state index >= 15 is 0 Å². The van der Waals surface area contributed by atoms with Gasteiger partial charge in [-0.05, 0) is 29.8 Å². The Balaban J connectivity index is 2.36. The third-order valence-corrected chi connectivity index (χ3v) is 3.78. The van der Waals surface area contributed by atoms with Crippen molar-refractivity contribution in [2.45, 2.75) is 12.6 Å². The molecule has 1 atom stereocenters. The quantitative estimate of drug-likeness (QED) is 0.910. The van der Waals surface area contributed by atoms with Gasteiger partial charge in [-0.3, -0.25) is 0 Å². The molecule has 0 aliphatic carbocycles. The first-order valence-corrected chi connectivity index (χ1v) is 6.76. The van der Waals surface area contributed by atoms with Gasteiger partial charge in [-0.15, -0.1) is 0 Å². The van der Waals surface area contributed by atoms with Gasteiger partial charge in [-0.1, -0.05) is 58.4 Å². The molecule has 2 aromatic rings. The number of benzene rings is 2. The average Bonchev–Trinajstić information content (AvgIpc) is 2.42. The van der Waals surface area contributed by atoms with Crippen LogP contribution in [0.4, 0.5) is 0 Å². The highest BCUT2D eigenvalue weighted by Crippen LogP contribution is 2.28. The van der Waals surface area contributed by atoms with Gasteiger partial charge in [0.1, 0.15) is 0 Å². The Morgan fingerprint density at radius 2 is 1.78 bits per heavy atom. The lowest BCUT2D eigenvalue weighted by Gasteiger charge is -2.19. The predicted octanol–water partition coefficient (Wildman–Crippen LogP) is 3.22. The molecule has 0 bridgehead atoms. The lowest BCUT2D eigenvalue weighted by atomic mass is 9.98. The Kier molecular flexibility index (Phi) is 4.53. The van der Waals surface area contributed by atoms with Crippen LogP contribution in [0.25, 0.3) is 0 Å². The topological polar surface area (TPSA) is 38.0 Å². The van der Waals surface area contributed by atoms with Crippen LogP contribution in [0.3, 0.4) is 0 Å². The molecule has 2 nitrogen and oxygen atoms in total. The molecule has 0 radical (unpaired) electrons. The van der Waals surface area contributed by atoms with Crippen LogP contribution in [-0.4, -0.2) is 7.05 Å². The molecule has 1 unspecified atom stereocenters. The molecular weight excluding hydrogens is 288 g/mol. The lowest BCUT2D eigenvalue weighted by molar-refractivity contribution is 0.688. The number of hydrogen-bond acceptors (Lipinski definition) is 2. The second kappa shape index (κ2) is 6.14. The number of nitrogens with two attached hydrogens (primary N) is 1. The normalized spacial score (nSPS) is 12.4. The first-order chi connectivity index (χ1) is 8.76. The largest absolute Gasteiger partial charge is 0.326 e. The van der Waals surface area contributed by atoms with Gasteiger partial charge in [0.25, 0.3) is 0 Å². The monoisotopic (exact) mass is 304 g/mol. The van der Waals surface area contributed by atoms with Crippen molar-refractivity contribution >= 4 is 15.9 Å². The second-order valence-corrected chi connectivity index (χ2v) is 5.04. The van der Waals surface area contributed by atoms with Gasteiger partial charge in [0.15, 0.2) is 0 Å². The molecule has 0 heterocycles. The van der Waals surface area contributed by atoms with E-state index in [0.29, 0.717) is 6.54 Å². The standard InChI is InChI=1S/C15H17BrN2/c1-18-15(13-4-2-3-5-14(13)16)12-8-6-11(10-17)7-9-12/h2-9,15,18H,10,17H2,1H3. The highest BCUT2D eigenvalue weighted by atomic mass is 79.9. The molecule has 94 valence electrons. The smallest absolute Gasteiger partial charge is 0.0585 e. The van der Waals surface area contributed by atoms with Gasteiger partial charge in [0.05, 0.1) is 6.04 Å². The van der Waals surface area contributed by atoms with Crippen LogP contribution in [0.5, 0.6) is 0 Å². The van der Waals surface area contributed by atoms with Gasteiger partial charge in [0.2, 0.25) is 0 Å². The fourth-order valence-corrected chi connectivity index (χ4v) is 2.57. The molecule has 0 saturated heterocycles. The van der Waals surface area contributed by atoms with E-state index < -0.39 is 0 Å². The predicted molar refractivity (Wildman–Crippen MR) is 79.4 cm³/mol. The van der Waals surface area contributed by atoms with Gasteiger partial charge < -0.3 is 11.1 Å². The molecule has 0 aliphatic heterocycles. The van der Waals surface area contributed by atoms with Crippen molar-refractivity contribution in [3.8, 4) is 0 Å². The fourth-order valence-electron chi connectivity index (χ4n) is 2.06. The molecule has 0 spiro atoms. The van der Waals surface area contributed by atoms with Gasteiger partial charge >= 0.3 is 0 Å². The van der Waals surface area contributed by atoms with Gasteiger partial charge in [-0.2, -0.15) is 0 Å². The van der Waals surface area contributed by atoms with E-state index in [9.17, 15) is 0 Å². The third-order valence-electron chi connectivity index (χ3n) is 3.05. The van der Waals surface area contributed by atoms with Crippen LogP contribution in [0.15, 0.2) is 53.0 Å². The minimum Gasteiger partial charge on any atom is -0.326 e. The van der Waals surface area contributed by atoms with Crippen LogP contribution in [-0.2, 0) is 6.54 Å². The summed E-state index contributed by atoms with van der Waals surface area (Å²) >= 11 is 3.60. The van der Waals surface area contributed by atoms with Crippen molar-refractivity contribution in [3.05, 3.63) is 69.7 Å². The molecule has 2 rings (SSSR count). The fraction of sp³-hybridized carbons (Fsp3) is 0.200. The summed E-state index contributed by atoms with van der Waals surface area (Å²) in [7, 11) is 1.97. The minimum absolute atomic E-state index is 0.187.